The zero-order valence-electron chi connectivity index (χ0n) is 10.6. The van der Waals surface area contributed by atoms with E-state index in [1.54, 1.807) is 31.2 Å². The molecule has 0 amide bonds. The van der Waals surface area contributed by atoms with Crippen molar-refractivity contribution in [3.8, 4) is 0 Å². The third kappa shape index (κ3) is 3.05. The van der Waals surface area contributed by atoms with Crippen molar-refractivity contribution in [2.45, 2.75) is 19.3 Å². The lowest BCUT2D eigenvalue weighted by molar-refractivity contribution is -0.119. The Hall–Kier alpha value is -2.03. The maximum atomic E-state index is 13.0. The molecule has 3 heteroatoms. The molecule has 0 aliphatic heterocycles. The lowest BCUT2D eigenvalue weighted by Gasteiger charge is -2.16. The van der Waals surface area contributed by atoms with Crippen LogP contribution in [0.3, 0.4) is 0 Å². The number of benzene rings is 2. The zero-order chi connectivity index (χ0) is 13.8. The normalized spacial score (nSPS) is 10.7. The van der Waals surface area contributed by atoms with Crippen molar-refractivity contribution >= 4 is 5.78 Å². The van der Waals surface area contributed by atoms with Crippen LogP contribution in [0.5, 0.6) is 0 Å². The first-order valence-corrected chi connectivity index (χ1v) is 6.15. The number of hydrogen-bond donors (Lipinski definition) is 0. The van der Waals surface area contributed by atoms with Gasteiger partial charge in [0.25, 0.3) is 0 Å². The molecule has 2 aromatic carbocycles. The van der Waals surface area contributed by atoms with Gasteiger partial charge in [-0.25, -0.2) is 8.78 Å². The fraction of sp³-hybridized carbons (Fsp3) is 0.188. The molecule has 0 aliphatic carbocycles. The van der Waals surface area contributed by atoms with Gasteiger partial charge in [-0.15, -0.1) is 0 Å². The molecule has 1 nitrogen and oxygen atoms in total. The van der Waals surface area contributed by atoms with Gasteiger partial charge in [0, 0.05) is 6.42 Å². The summed E-state index contributed by atoms with van der Waals surface area (Å²) in [6.07, 6.45) is 0.374. The maximum absolute atomic E-state index is 13.0. The Morgan fingerprint density at radius 1 is 0.895 bits per heavy atom. The standard InChI is InChI=1S/C16H14F2O/c1-2-15(19)16(11-3-7-13(17)8-4-11)12-5-9-14(18)10-6-12/h3-10,16H,2H2,1H3. The van der Waals surface area contributed by atoms with Gasteiger partial charge in [-0.05, 0) is 35.4 Å². The van der Waals surface area contributed by atoms with Gasteiger partial charge in [0.15, 0.2) is 0 Å². The van der Waals surface area contributed by atoms with Crippen LogP contribution < -0.4 is 0 Å². The van der Waals surface area contributed by atoms with Crippen LogP contribution in [-0.2, 0) is 4.79 Å². The average Bonchev–Trinajstić information content (AvgIpc) is 2.43. The van der Waals surface area contributed by atoms with E-state index in [0.717, 1.165) is 11.1 Å². The average molecular weight is 260 g/mol. The summed E-state index contributed by atoms with van der Waals surface area (Å²) in [5.74, 6) is -1.12. The minimum absolute atomic E-state index is 0.0261. The molecule has 0 N–H and O–H groups in total. The van der Waals surface area contributed by atoms with E-state index in [9.17, 15) is 13.6 Å². The number of Topliss-reactive ketones (excluding diaryl/α,β-unsaturated/α-hetero) is 1. The molecule has 0 aromatic heterocycles. The highest BCUT2D eigenvalue weighted by atomic mass is 19.1. The van der Waals surface area contributed by atoms with Crippen molar-refractivity contribution in [2.75, 3.05) is 0 Å². The Morgan fingerprint density at radius 3 is 1.58 bits per heavy atom. The van der Waals surface area contributed by atoms with E-state index in [4.69, 9.17) is 0 Å². The summed E-state index contributed by atoms with van der Waals surface area (Å²) in [7, 11) is 0. The van der Waals surface area contributed by atoms with Crippen LogP contribution >= 0.6 is 0 Å². The number of hydrogen-bond acceptors (Lipinski definition) is 1. The minimum atomic E-state index is -0.466. The van der Waals surface area contributed by atoms with E-state index in [-0.39, 0.29) is 17.4 Å². The van der Waals surface area contributed by atoms with Crippen molar-refractivity contribution in [3.63, 3.8) is 0 Å². The third-order valence-corrected chi connectivity index (χ3v) is 3.08. The number of halogens is 2. The summed E-state index contributed by atoms with van der Waals surface area (Å²) >= 11 is 0. The van der Waals surface area contributed by atoms with E-state index in [0.29, 0.717) is 6.42 Å². The van der Waals surface area contributed by atoms with Crippen molar-refractivity contribution in [3.05, 3.63) is 71.3 Å². The van der Waals surface area contributed by atoms with Gasteiger partial charge in [-0.2, -0.15) is 0 Å². The molecule has 19 heavy (non-hydrogen) atoms. The van der Waals surface area contributed by atoms with Crippen LogP contribution in [-0.4, -0.2) is 5.78 Å². The van der Waals surface area contributed by atoms with Gasteiger partial charge in [-0.1, -0.05) is 31.2 Å². The van der Waals surface area contributed by atoms with Crippen LogP contribution in [0.15, 0.2) is 48.5 Å². The Balaban J connectivity index is 2.44. The Kier molecular flexibility index (Phi) is 4.05. The van der Waals surface area contributed by atoms with Gasteiger partial charge in [0.1, 0.15) is 17.4 Å². The van der Waals surface area contributed by atoms with Crippen molar-refractivity contribution in [2.24, 2.45) is 0 Å². The molecule has 0 atom stereocenters. The van der Waals surface area contributed by atoms with Gasteiger partial charge < -0.3 is 0 Å². The molecule has 2 rings (SSSR count). The van der Waals surface area contributed by atoms with Gasteiger partial charge >= 0.3 is 0 Å². The van der Waals surface area contributed by atoms with Crippen LogP contribution in [0.25, 0.3) is 0 Å². The highest BCUT2D eigenvalue weighted by Crippen LogP contribution is 2.27. The van der Waals surface area contributed by atoms with Crippen molar-refractivity contribution in [1.29, 1.82) is 0 Å². The molecular formula is C16H14F2O. The first-order chi connectivity index (χ1) is 9.11. The summed E-state index contributed by atoms with van der Waals surface area (Å²) in [4.78, 5) is 12.1. The van der Waals surface area contributed by atoms with E-state index >= 15 is 0 Å². The lowest BCUT2D eigenvalue weighted by Crippen LogP contribution is -2.13. The Morgan fingerprint density at radius 2 is 1.26 bits per heavy atom. The first kappa shape index (κ1) is 13.4. The summed E-state index contributed by atoms with van der Waals surface area (Å²) in [5.41, 5.74) is 1.44. The number of ketones is 1. The fourth-order valence-electron chi connectivity index (χ4n) is 2.08. The van der Waals surface area contributed by atoms with Crippen molar-refractivity contribution in [1.82, 2.24) is 0 Å². The second kappa shape index (κ2) is 5.74. The zero-order valence-corrected chi connectivity index (χ0v) is 10.6. The minimum Gasteiger partial charge on any atom is -0.299 e. The van der Waals surface area contributed by atoms with E-state index < -0.39 is 5.92 Å². The van der Waals surface area contributed by atoms with E-state index in [2.05, 4.69) is 0 Å². The van der Waals surface area contributed by atoms with Gasteiger partial charge in [0.2, 0.25) is 0 Å². The molecule has 0 fully saturated rings. The van der Waals surface area contributed by atoms with Crippen LogP contribution in [0.1, 0.15) is 30.4 Å². The molecule has 0 radical (unpaired) electrons. The maximum Gasteiger partial charge on any atom is 0.144 e. The Labute approximate surface area is 110 Å². The summed E-state index contributed by atoms with van der Waals surface area (Å²) in [6, 6.07) is 11.7. The van der Waals surface area contributed by atoms with Crippen LogP contribution in [0.4, 0.5) is 8.78 Å². The van der Waals surface area contributed by atoms with E-state index in [1.807, 2.05) is 0 Å². The highest BCUT2D eigenvalue weighted by molar-refractivity contribution is 5.88. The predicted molar refractivity (Wildman–Crippen MR) is 69.9 cm³/mol. The second-order valence-electron chi connectivity index (χ2n) is 4.36. The molecule has 0 heterocycles. The summed E-state index contributed by atoms with van der Waals surface area (Å²) in [5, 5.41) is 0. The molecular weight excluding hydrogens is 246 g/mol. The quantitative estimate of drug-likeness (QED) is 0.809. The van der Waals surface area contributed by atoms with E-state index in [1.165, 1.54) is 24.3 Å². The van der Waals surface area contributed by atoms with Crippen LogP contribution in [0, 0.1) is 11.6 Å². The number of rotatable bonds is 4. The second-order valence-corrected chi connectivity index (χ2v) is 4.36. The molecule has 0 unspecified atom stereocenters. The molecule has 0 spiro atoms. The largest absolute Gasteiger partial charge is 0.299 e. The molecule has 0 saturated heterocycles. The molecule has 0 aliphatic rings. The molecule has 0 saturated carbocycles. The van der Waals surface area contributed by atoms with Gasteiger partial charge in [-0.3, -0.25) is 4.79 Å². The molecule has 98 valence electrons. The lowest BCUT2D eigenvalue weighted by atomic mass is 9.87. The summed E-state index contributed by atoms with van der Waals surface area (Å²) < 4.78 is 25.9. The first-order valence-electron chi connectivity index (χ1n) is 6.15. The fourth-order valence-corrected chi connectivity index (χ4v) is 2.08. The topological polar surface area (TPSA) is 17.1 Å². The van der Waals surface area contributed by atoms with Gasteiger partial charge in [0.05, 0.1) is 5.92 Å². The smallest absolute Gasteiger partial charge is 0.144 e. The Bertz CT molecular complexity index is 513. The molecule has 2 aromatic rings. The number of carbonyl (C=O) groups is 1. The highest BCUT2D eigenvalue weighted by Gasteiger charge is 2.21. The predicted octanol–water partition coefficient (Wildman–Crippen LogP) is 4.08. The van der Waals surface area contributed by atoms with Crippen molar-refractivity contribution < 1.29 is 13.6 Å². The van der Waals surface area contributed by atoms with Crippen LogP contribution in [0.2, 0.25) is 0 Å². The SMILES string of the molecule is CCC(=O)C(c1ccc(F)cc1)c1ccc(F)cc1. The summed E-state index contributed by atoms with van der Waals surface area (Å²) in [6.45, 7) is 1.78. The molecule has 0 bridgehead atoms. The third-order valence-electron chi connectivity index (χ3n) is 3.08. The number of carbonyl (C=O) groups excluding carboxylic acids is 1. The monoisotopic (exact) mass is 260 g/mol.